The van der Waals surface area contributed by atoms with Gasteiger partial charge in [0.25, 0.3) is 0 Å². The summed E-state index contributed by atoms with van der Waals surface area (Å²) in [5, 5.41) is 0. The molecule has 20 heavy (non-hydrogen) atoms. The first-order chi connectivity index (χ1) is 9.08. The van der Waals surface area contributed by atoms with E-state index in [-0.39, 0.29) is 18.6 Å². The molecule has 0 aromatic heterocycles. The first kappa shape index (κ1) is 18.5. The predicted octanol–water partition coefficient (Wildman–Crippen LogP) is 5.76. The number of hydrogen-bond donors (Lipinski definition) is 0. The molecule has 0 aromatic rings. The molecule has 0 N–H and O–H groups in total. The van der Waals surface area contributed by atoms with E-state index in [1.165, 1.54) is 0 Å². The minimum atomic E-state index is -4.06. The van der Waals surface area contributed by atoms with Crippen molar-refractivity contribution < 1.29 is 17.9 Å². The van der Waals surface area contributed by atoms with Crippen molar-refractivity contribution in [2.75, 3.05) is 11.0 Å². The third-order valence-electron chi connectivity index (χ3n) is 4.38. The Balaban J connectivity index is 2.39. The number of ether oxygens (including phenoxy) is 1. The lowest BCUT2D eigenvalue weighted by atomic mass is 9.69. The van der Waals surface area contributed by atoms with E-state index < -0.39 is 12.6 Å². The summed E-state index contributed by atoms with van der Waals surface area (Å²) in [6, 6.07) is 0. The SMILES string of the molecule is CC(C)(C)C1CCC(CI)(OCCCC(F)(F)F)CC1. The van der Waals surface area contributed by atoms with Crippen LogP contribution in [0.5, 0.6) is 0 Å². The topological polar surface area (TPSA) is 9.23 Å². The zero-order valence-electron chi connectivity index (χ0n) is 12.7. The van der Waals surface area contributed by atoms with Crippen LogP contribution in [-0.4, -0.2) is 22.8 Å². The van der Waals surface area contributed by atoms with Crippen molar-refractivity contribution in [2.24, 2.45) is 11.3 Å². The Hall–Kier alpha value is 0.480. The summed E-state index contributed by atoms with van der Waals surface area (Å²) < 4.78 is 43.1. The minimum absolute atomic E-state index is 0.0740. The molecule has 5 heteroatoms. The molecule has 0 amide bonds. The van der Waals surface area contributed by atoms with Crippen molar-refractivity contribution in [3.63, 3.8) is 0 Å². The molecule has 1 aliphatic carbocycles. The second-order valence-electron chi connectivity index (χ2n) is 7.02. The lowest BCUT2D eigenvalue weighted by Gasteiger charge is -2.43. The Kier molecular flexibility index (Phi) is 6.63. The van der Waals surface area contributed by atoms with Gasteiger partial charge < -0.3 is 4.74 Å². The lowest BCUT2D eigenvalue weighted by Crippen LogP contribution is -2.41. The number of rotatable bonds is 5. The maximum atomic E-state index is 12.1. The van der Waals surface area contributed by atoms with Gasteiger partial charge in [-0.3, -0.25) is 0 Å². The Morgan fingerprint density at radius 1 is 1.15 bits per heavy atom. The monoisotopic (exact) mass is 406 g/mol. The van der Waals surface area contributed by atoms with Crippen LogP contribution >= 0.6 is 22.6 Å². The van der Waals surface area contributed by atoms with Gasteiger partial charge in [0.15, 0.2) is 0 Å². The van der Waals surface area contributed by atoms with Gasteiger partial charge in [-0.2, -0.15) is 13.2 Å². The van der Waals surface area contributed by atoms with Gasteiger partial charge in [-0.25, -0.2) is 0 Å². The molecule has 0 bridgehead atoms. The van der Waals surface area contributed by atoms with Gasteiger partial charge in [0.1, 0.15) is 0 Å². The average molecular weight is 406 g/mol. The van der Waals surface area contributed by atoms with Crippen molar-refractivity contribution >= 4 is 22.6 Å². The van der Waals surface area contributed by atoms with E-state index in [1.54, 1.807) is 0 Å². The van der Waals surface area contributed by atoms with Crippen molar-refractivity contribution in [3.05, 3.63) is 0 Å². The molecular formula is C15H26F3IO. The van der Waals surface area contributed by atoms with E-state index in [1.807, 2.05) is 0 Å². The van der Waals surface area contributed by atoms with Gasteiger partial charge in [0.05, 0.1) is 5.60 Å². The molecule has 1 nitrogen and oxygen atoms in total. The maximum absolute atomic E-state index is 12.1. The summed E-state index contributed by atoms with van der Waals surface area (Å²) in [7, 11) is 0. The third kappa shape index (κ3) is 6.08. The van der Waals surface area contributed by atoms with Gasteiger partial charge in [0, 0.05) is 17.5 Å². The fourth-order valence-corrected chi connectivity index (χ4v) is 3.87. The summed E-state index contributed by atoms with van der Waals surface area (Å²) in [6.45, 7) is 7.01. The first-order valence-electron chi connectivity index (χ1n) is 7.35. The molecule has 1 saturated carbocycles. The van der Waals surface area contributed by atoms with Crippen LogP contribution in [0.3, 0.4) is 0 Å². The van der Waals surface area contributed by atoms with Crippen molar-refractivity contribution in [1.82, 2.24) is 0 Å². The molecule has 120 valence electrons. The molecule has 0 spiro atoms. The molecule has 0 unspecified atom stereocenters. The zero-order valence-corrected chi connectivity index (χ0v) is 14.8. The van der Waals surface area contributed by atoms with Gasteiger partial charge in [-0.05, 0) is 43.4 Å². The number of alkyl halides is 4. The van der Waals surface area contributed by atoms with Gasteiger partial charge in [-0.1, -0.05) is 43.4 Å². The van der Waals surface area contributed by atoms with E-state index in [4.69, 9.17) is 4.74 Å². The molecular weight excluding hydrogens is 380 g/mol. The quantitative estimate of drug-likeness (QED) is 0.321. The van der Waals surface area contributed by atoms with Crippen LogP contribution in [0.25, 0.3) is 0 Å². The average Bonchev–Trinajstić information content (AvgIpc) is 2.33. The van der Waals surface area contributed by atoms with E-state index in [9.17, 15) is 13.2 Å². The molecule has 1 rings (SSSR count). The number of hydrogen-bond acceptors (Lipinski definition) is 1. The van der Waals surface area contributed by atoms with Crippen LogP contribution in [0, 0.1) is 11.3 Å². The lowest BCUT2D eigenvalue weighted by molar-refractivity contribution is -0.143. The van der Waals surface area contributed by atoms with Crippen molar-refractivity contribution in [2.45, 2.75) is 71.1 Å². The maximum Gasteiger partial charge on any atom is 0.389 e. The number of halogens is 4. The molecule has 0 aliphatic heterocycles. The van der Waals surface area contributed by atoms with Crippen LogP contribution < -0.4 is 0 Å². The molecule has 0 heterocycles. The molecule has 1 aliphatic rings. The summed E-state index contributed by atoms with van der Waals surface area (Å²) >= 11 is 2.31. The summed E-state index contributed by atoms with van der Waals surface area (Å²) in [6.07, 6.45) is -0.546. The van der Waals surface area contributed by atoms with Gasteiger partial charge >= 0.3 is 6.18 Å². The van der Waals surface area contributed by atoms with Crippen LogP contribution in [0.2, 0.25) is 0 Å². The fourth-order valence-electron chi connectivity index (χ4n) is 2.89. The summed E-state index contributed by atoms with van der Waals surface area (Å²) in [4.78, 5) is 0. The Bertz CT molecular complexity index is 288. The normalized spacial score (nSPS) is 28.6. The van der Waals surface area contributed by atoms with Crippen molar-refractivity contribution in [1.29, 1.82) is 0 Å². The minimum Gasteiger partial charge on any atom is -0.374 e. The highest BCUT2D eigenvalue weighted by atomic mass is 127. The van der Waals surface area contributed by atoms with E-state index in [2.05, 4.69) is 43.4 Å². The van der Waals surface area contributed by atoms with Crippen LogP contribution in [0.15, 0.2) is 0 Å². The third-order valence-corrected chi connectivity index (χ3v) is 5.77. The summed E-state index contributed by atoms with van der Waals surface area (Å²) in [5.74, 6) is 0.692. The predicted molar refractivity (Wildman–Crippen MR) is 84.3 cm³/mol. The fraction of sp³-hybridized carbons (Fsp3) is 1.00. The standard InChI is InChI=1S/C15H26F3IO/c1-13(2,3)12-5-8-14(11-19,9-6-12)20-10-4-7-15(16,17)18/h12H,4-11H2,1-3H3. The zero-order chi connectivity index (χ0) is 15.4. The molecule has 0 radical (unpaired) electrons. The first-order valence-corrected chi connectivity index (χ1v) is 8.87. The highest BCUT2D eigenvalue weighted by molar-refractivity contribution is 14.1. The smallest absolute Gasteiger partial charge is 0.374 e. The Labute approximate surface area is 134 Å². The van der Waals surface area contributed by atoms with Crippen LogP contribution in [-0.2, 0) is 4.74 Å². The van der Waals surface area contributed by atoms with E-state index in [0.717, 1.165) is 30.1 Å². The van der Waals surface area contributed by atoms with Gasteiger partial charge in [0.2, 0.25) is 0 Å². The van der Waals surface area contributed by atoms with E-state index >= 15 is 0 Å². The Morgan fingerprint density at radius 3 is 2.10 bits per heavy atom. The largest absolute Gasteiger partial charge is 0.389 e. The molecule has 1 fully saturated rings. The Morgan fingerprint density at radius 2 is 1.70 bits per heavy atom. The summed E-state index contributed by atoms with van der Waals surface area (Å²) in [5.41, 5.74) is 0.127. The van der Waals surface area contributed by atoms with Gasteiger partial charge in [-0.15, -0.1) is 0 Å². The van der Waals surface area contributed by atoms with Crippen LogP contribution in [0.1, 0.15) is 59.3 Å². The second kappa shape index (κ2) is 7.16. The molecule has 0 saturated heterocycles. The van der Waals surface area contributed by atoms with Crippen molar-refractivity contribution in [3.8, 4) is 0 Å². The highest BCUT2D eigenvalue weighted by Crippen LogP contribution is 2.43. The van der Waals surface area contributed by atoms with E-state index in [0.29, 0.717) is 11.3 Å². The van der Waals surface area contributed by atoms with Crippen LogP contribution in [0.4, 0.5) is 13.2 Å². The highest BCUT2D eigenvalue weighted by Gasteiger charge is 2.39. The molecule has 0 atom stereocenters. The molecule has 0 aromatic carbocycles. The second-order valence-corrected chi connectivity index (χ2v) is 7.79.